The lowest BCUT2D eigenvalue weighted by atomic mass is 10.0. The molecule has 0 saturated carbocycles. The van der Waals surface area contributed by atoms with Crippen LogP contribution < -0.4 is 11.1 Å². The van der Waals surface area contributed by atoms with Crippen molar-refractivity contribution in [3.05, 3.63) is 46.5 Å². The standard InChI is InChI=1S/C18H24N4OS.ClH/c1-13-3-2-8-22(10-13)11-16-12-24-18(20-16)21-17(23)15-6-4-14(9-19)5-7-15;/h4-7,12-13H,2-3,8-11,19H2,1H3,(H,20,21,23);1H. The van der Waals surface area contributed by atoms with Crippen molar-refractivity contribution < 1.29 is 4.79 Å². The Labute approximate surface area is 159 Å². The quantitative estimate of drug-likeness (QED) is 0.832. The van der Waals surface area contributed by atoms with E-state index in [-0.39, 0.29) is 18.3 Å². The molecule has 0 spiro atoms. The predicted octanol–water partition coefficient (Wildman–Crippen LogP) is 3.51. The van der Waals surface area contributed by atoms with Crippen LogP contribution in [0, 0.1) is 5.92 Å². The first-order valence-electron chi connectivity index (χ1n) is 8.41. The predicted molar refractivity (Wildman–Crippen MR) is 105 cm³/mol. The molecule has 1 aliphatic rings. The van der Waals surface area contributed by atoms with Crippen LogP contribution in [0.25, 0.3) is 0 Å². The number of hydrogen-bond donors (Lipinski definition) is 2. The molecule has 1 atom stereocenters. The maximum Gasteiger partial charge on any atom is 0.257 e. The van der Waals surface area contributed by atoms with E-state index in [2.05, 4.69) is 22.1 Å². The molecule has 1 aromatic heterocycles. The second kappa shape index (κ2) is 9.29. The third-order valence-electron chi connectivity index (χ3n) is 4.35. The van der Waals surface area contributed by atoms with Gasteiger partial charge in [0, 0.05) is 30.6 Å². The second-order valence-corrected chi connectivity index (χ2v) is 7.34. The number of nitrogens with one attached hydrogen (secondary N) is 1. The highest BCUT2D eigenvalue weighted by Crippen LogP contribution is 2.21. The minimum absolute atomic E-state index is 0. The van der Waals surface area contributed by atoms with Crippen molar-refractivity contribution in [1.82, 2.24) is 9.88 Å². The molecule has 25 heavy (non-hydrogen) atoms. The van der Waals surface area contributed by atoms with Gasteiger partial charge >= 0.3 is 0 Å². The van der Waals surface area contributed by atoms with Gasteiger partial charge in [-0.3, -0.25) is 15.0 Å². The fourth-order valence-electron chi connectivity index (χ4n) is 3.06. The number of carbonyl (C=O) groups is 1. The Balaban J connectivity index is 0.00000225. The molecule has 3 N–H and O–H groups in total. The highest BCUT2D eigenvalue weighted by atomic mass is 35.5. The largest absolute Gasteiger partial charge is 0.326 e. The van der Waals surface area contributed by atoms with Crippen molar-refractivity contribution in [1.29, 1.82) is 0 Å². The number of rotatable bonds is 5. The molecule has 1 amide bonds. The van der Waals surface area contributed by atoms with Gasteiger partial charge in [-0.2, -0.15) is 0 Å². The smallest absolute Gasteiger partial charge is 0.257 e. The number of halogens is 1. The van der Waals surface area contributed by atoms with E-state index < -0.39 is 0 Å². The third kappa shape index (κ3) is 5.51. The fraction of sp³-hybridized carbons (Fsp3) is 0.444. The van der Waals surface area contributed by atoms with E-state index in [1.165, 1.54) is 24.2 Å². The van der Waals surface area contributed by atoms with E-state index in [1.54, 1.807) is 12.1 Å². The molecule has 1 aliphatic heterocycles. The molecule has 1 unspecified atom stereocenters. The van der Waals surface area contributed by atoms with Crippen LogP contribution in [0.2, 0.25) is 0 Å². The van der Waals surface area contributed by atoms with Crippen molar-refractivity contribution in [3.8, 4) is 0 Å². The van der Waals surface area contributed by atoms with Gasteiger partial charge in [-0.25, -0.2) is 4.98 Å². The number of likely N-dealkylation sites (tertiary alicyclic amines) is 1. The molecular weight excluding hydrogens is 356 g/mol. The van der Waals surface area contributed by atoms with Gasteiger partial charge in [-0.05, 0) is 43.0 Å². The summed E-state index contributed by atoms with van der Waals surface area (Å²) in [5, 5.41) is 5.57. The van der Waals surface area contributed by atoms with Crippen LogP contribution in [0.1, 0.15) is 41.4 Å². The number of hydrogen-bond acceptors (Lipinski definition) is 5. The molecule has 0 aliphatic carbocycles. The molecule has 5 nitrogen and oxygen atoms in total. The van der Waals surface area contributed by atoms with Gasteiger partial charge < -0.3 is 5.73 Å². The van der Waals surface area contributed by atoms with Crippen LogP contribution in [0.15, 0.2) is 29.6 Å². The highest BCUT2D eigenvalue weighted by Gasteiger charge is 2.17. The maximum absolute atomic E-state index is 12.3. The van der Waals surface area contributed by atoms with Crippen LogP contribution in [-0.2, 0) is 13.1 Å². The summed E-state index contributed by atoms with van der Waals surface area (Å²) in [4.78, 5) is 19.3. The highest BCUT2D eigenvalue weighted by molar-refractivity contribution is 7.13. The van der Waals surface area contributed by atoms with E-state index in [4.69, 9.17) is 5.73 Å². The average molecular weight is 381 g/mol. The van der Waals surface area contributed by atoms with Crippen LogP contribution in [0.5, 0.6) is 0 Å². The Morgan fingerprint density at radius 2 is 2.16 bits per heavy atom. The number of carbonyl (C=O) groups excluding carboxylic acids is 1. The Hall–Kier alpha value is -1.47. The Morgan fingerprint density at radius 3 is 2.84 bits per heavy atom. The summed E-state index contributed by atoms with van der Waals surface area (Å²) in [7, 11) is 0. The topological polar surface area (TPSA) is 71.2 Å². The fourth-order valence-corrected chi connectivity index (χ4v) is 3.75. The lowest BCUT2D eigenvalue weighted by molar-refractivity contribution is 0.102. The number of amides is 1. The Bertz CT molecular complexity index is 689. The van der Waals surface area contributed by atoms with Gasteiger partial charge in [0.05, 0.1) is 5.69 Å². The van der Waals surface area contributed by atoms with Crippen molar-refractivity contribution in [2.75, 3.05) is 18.4 Å². The number of thiazole rings is 1. The van der Waals surface area contributed by atoms with Crippen LogP contribution in [0.4, 0.5) is 5.13 Å². The molecular formula is C18H25ClN4OS. The monoisotopic (exact) mass is 380 g/mol. The number of piperidine rings is 1. The Morgan fingerprint density at radius 1 is 1.40 bits per heavy atom. The molecule has 2 aromatic rings. The van der Waals surface area contributed by atoms with Crippen LogP contribution in [0.3, 0.4) is 0 Å². The first kappa shape index (κ1) is 19.8. The summed E-state index contributed by atoms with van der Waals surface area (Å²) in [6.07, 6.45) is 2.57. The van der Waals surface area contributed by atoms with Gasteiger partial charge in [0.2, 0.25) is 0 Å². The van der Waals surface area contributed by atoms with E-state index >= 15 is 0 Å². The van der Waals surface area contributed by atoms with Crippen molar-refractivity contribution in [3.63, 3.8) is 0 Å². The summed E-state index contributed by atoms with van der Waals surface area (Å²) in [6.45, 7) is 5.91. The van der Waals surface area contributed by atoms with Crippen molar-refractivity contribution in [2.45, 2.75) is 32.9 Å². The second-order valence-electron chi connectivity index (χ2n) is 6.48. The number of nitrogens with two attached hydrogens (primary N) is 1. The summed E-state index contributed by atoms with van der Waals surface area (Å²) >= 11 is 1.48. The molecule has 136 valence electrons. The molecule has 2 heterocycles. The third-order valence-corrected chi connectivity index (χ3v) is 5.16. The molecule has 0 radical (unpaired) electrons. The Kier molecular flexibility index (Phi) is 7.38. The molecule has 3 rings (SSSR count). The van der Waals surface area contributed by atoms with E-state index in [1.807, 2.05) is 17.5 Å². The summed E-state index contributed by atoms with van der Waals surface area (Å²) in [6, 6.07) is 7.34. The normalized spacial score (nSPS) is 17.8. The van der Waals surface area contributed by atoms with E-state index in [0.29, 0.717) is 17.2 Å². The lowest BCUT2D eigenvalue weighted by Crippen LogP contribution is -2.33. The maximum atomic E-state index is 12.3. The van der Waals surface area contributed by atoms with E-state index in [9.17, 15) is 4.79 Å². The van der Waals surface area contributed by atoms with Gasteiger partial charge in [0.25, 0.3) is 5.91 Å². The molecule has 7 heteroatoms. The zero-order chi connectivity index (χ0) is 16.9. The molecule has 1 aromatic carbocycles. The number of anilines is 1. The summed E-state index contributed by atoms with van der Waals surface area (Å²) in [5.41, 5.74) is 8.24. The SMILES string of the molecule is CC1CCCN(Cc2csc(NC(=O)c3ccc(CN)cc3)n2)C1.Cl. The zero-order valence-corrected chi connectivity index (χ0v) is 16.0. The minimum Gasteiger partial charge on any atom is -0.326 e. The number of nitrogens with zero attached hydrogens (tertiary/aromatic N) is 2. The lowest BCUT2D eigenvalue weighted by Gasteiger charge is -2.30. The van der Waals surface area contributed by atoms with Crippen LogP contribution >= 0.6 is 23.7 Å². The molecule has 1 saturated heterocycles. The van der Waals surface area contributed by atoms with E-state index in [0.717, 1.165) is 36.8 Å². The molecule has 0 bridgehead atoms. The zero-order valence-electron chi connectivity index (χ0n) is 14.4. The van der Waals surface area contributed by atoms with Gasteiger partial charge in [-0.1, -0.05) is 19.1 Å². The first-order chi connectivity index (χ1) is 11.6. The van der Waals surface area contributed by atoms with Crippen molar-refractivity contribution >= 4 is 34.8 Å². The van der Waals surface area contributed by atoms with Crippen LogP contribution in [-0.4, -0.2) is 28.9 Å². The van der Waals surface area contributed by atoms with Gasteiger partial charge in [-0.15, -0.1) is 23.7 Å². The molecule has 1 fully saturated rings. The summed E-state index contributed by atoms with van der Waals surface area (Å²) in [5.74, 6) is 0.624. The number of benzene rings is 1. The van der Waals surface area contributed by atoms with Gasteiger partial charge in [0.1, 0.15) is 0 Å². The number of aromatic nitrogens is 1. The minimum atomic E-state index is -0.133. The van der Waals surface area contributed by atoms with Gasteiger partial charge in [0.15, 0.2) is 5.13 Å². The van der Waals surface area contributed by atoms with Crippen molar-refractivity contribution in [2.24, 2.45) is 11.7 Å². The average Bonchev–Trinajstić information content (AvgIpc) is 3.02. The summed E-state index contributed by atoms with van der Waals surface area (Å²) < 4.78 is 0. The first-order valence-corrected chi connectivity index (χ1v) is 9.29.